The summed E-state index contributed by atoms with van der Waals surface area (Å²) in [6, 6.07) is 13.1. The Kier molecular flexibility index (Phi) is 3.62. The van der Waals surface area contributed by atoms with Gasteiger partial charge in [-0.15, -0.1) is 0 Å². The fraction of sp³-hybridized carbons (Fsp3) is 0.235. The van der Waals surface area contributed by atoms with Gasteiger partial charge < -0.3 is 14.9 Å². The molecule has 0 aliphatic heterocycles. The van der Waals surface area contributed by atoms with Crippen LogP contribution < -0.4 is 10.5 Å². The van der Waals surface area contributed by atoms with E-state index in [9.17, 15) is 0 Å². The fourth-order valence-corrected chi connectivity index (χ4v) is 2.38. The van der Waals surface area contributed by atoms with Crippen molar-refractivity contribution in [3.8, 4) is 5.75 Å². The molecule has 4 nitrogen and oxygen atoms in total. The first-order valence-corrected chi connectivity index (χ1v) is 7.03. The summed E-state index contributed by atoms with van der Waals surface area (Å²) < 4.78 is 11.5. The van der Waals surface area contributed by atoms with E-state index in [1.54, 1.807) is 0 Å². The number of hydrogen-bond donors (Lipinski definition) is 1. The van der Waals surface area contributed by atoms with E-state index in [1.807, 2.05) is 56.3 Å². The van der Waals surface area contributed by atoms with Gasteiger partial charge in [-0.2, -0.15) is 0 Å². The number of pyridine rings is 1. The Morgan fingerprint density at radius 3 is 2.86 bits per heavy atom. The second-order valence-corrected chi connectivity index (χ2v) is 4.93. The van der Waals surface area contributed by atoms with Gasteiger partial charge in [0.15, 0.2) is 5.58 Å². The Morgan fingerprint density at radius 2 is 2.05 bits per heavy atom. The van der Waals surface area contributed by atoms with Crippen LogP contribution in [0, 0.1) is 6.92 Å². The maximum Gasteiger partial charge on any atom is 0.152 e. The Morgan fingerprint density at radius 1 is 1.24 bits per heavy atom. The summed E-state index contributed by atoms with van der Waals surface area (Å²) in [4.78, 5) is 4.45. The molecule has 0 spiro atoms. The third kappa shape index (κ3) is 2.62. The molecule has 3 aromatic rings. The van der Waals surface area contributed by atoms with Crippen LogP contribution in [0.5, 0.6) is 5.75 Å². The first kappa shape index (κ1) is 13.6. The molecule has 0 aliphatic carbocycles. The van der Waals surface area contributed by atoms with Gasteiger partial charge in [-0.05, 0) is 32.0 Å². The number of hydrogen-bond acceptors (Lipinski definition) is 4. The molecule has 0 saturated heterocycles. The topological polar surface area (TPSA) is 61.3 Å². The highest BCUT2D eigenvalue weighted by atomic mass is 16.5. The lowest BCUT2D eigenvalue weighted by Gasteiger charge is -2.14. The maximum absolute atomic E-state index is 6.35. The molecule has 1 unspecified atom stereocenters. The minimum absolute atomic E-state index is 0.373. The number of aryl methyl sites for hydroxylation is 1. The van der Waals surface area contributed by atoms with Gasteiger partial charge in [0.2, 0.25) is 0 Å². The van der Waals surface area contributed by atoms with Crippen LogP contribution >= 0.6 is 0 Å². The average molecular weight is 282 g/mol. The van der Waals surface area contributed by atoms with E-state index < -0.39 is 0 Å². The monoisotopic (exact) mass is 282 g/mol. The van der Waals surface area contributed by atoms with Crippen LogP contribution in [0.1, 0.15) is 30.0 Å². The average Bonchev–Trinajstić information content (AvgIpc) is 2.90. The SMILES string of the molecule is CCOc1ccccc1C(N)c1cc2nc(C)ccc2o1. The highest BCUT2D eigenvalue weighted by molar-refractivity contribution is 5.73. The van der Waals surface area contributed by atoms with E-state index in [1.165, 1.54) is 0 Å². The summed E-state index contributed by atoms with van der Waals surface area (Å²) in [6.45, 7) is 4.51. The molecule has 0 radical (unpaired) electrons. The molecule has 2 N–H and O–H groups in total. The number of para-hydroxylation sites is 1. The molecule has 1 aromatic carbocycles. The molecular formula is C17H18N2O2. The van der Waals surface area contributed by atoms with E-state index in [4.69, 9.17) is 14.9 Å². The summed E-state index contributed by atoms with van der Waals surface area (Å²) in [5, 5.41) is 0. The Bertz CT molecular complexity index is 764. The van der Waals surface area contributed by atoms with E-state index >= 15 is 0 Å². The number of furan rings is 1. The van der Waals surface area contributed by atoms with Gasteiger partial charge in [-0.25, -0.2) is 4.98 Å². The van der Waals surface area contributed by atoms with Crippen molar-refractivity contribution in [1.82, 2.24) is 4.98 Å². The third-order valence-electron chi connectivity index (χ3n) is 3.39. The van der Waals surface area contributed by atoms with Crippen LogP contribution in [0.4, 0.5) is 0 Å². The molecule has 21 heavy (non-hydrogen) atoms. The number of ether oxygens (including phenoxy) is 1. The Labute approximate surface area is 123 Å². The number of nitrogens with zero attached hydrogens (tertiary/aromatic N) is 1. The summed E-state index contributed by atoms with van der Waals surface area (Å²) in [7, 11) is 0. The van der Waals surface area contributed by atoms with Crippen molar-refractivity contribution in [2.24, 2.45) is 5.73 Å². The van der Waals surface area contributed by atoms with Crippen LogP contribution in [-0.2, 0) is 0 Å². The molecule has 0 saturated carbocycles. The van der Waals surface area contributed by atoms with Crippen molar-refractivity contribution in [2.45, 2.75) is 19.9 Å². The van der Waals surface area contributed by atoms with Crippen molar-refractivity contribution in [2.75, 3.05) is 6.61 Å². The molecule has 0 aliphatic rings. The zero-order valence-electron chi connectivity index (χ0n) is 12.2. The molecule has 0 fully saturated rings. The summed E-state index contributed by atoms with van der Waals surface area (Å²) in [5.74, 6) is 1.48. The quantitative estimate of drug-likeness (QED) is 0.794. The van der Waals surface area contributed by atoms with Crippen LogP contribution in [-0.4, -0.2) is 11.6 Å². The number of aromatic nitrogens is 1. The lowest BCUT2D eigenvalue weighted by Crippen LogP contribution is -2.12. The predicted molar refractivity (Wildman–Crippen MR) is 82.4 cm³/mol. The van der Waals surface area contributed by atoms with Crippen LogP contribution in [0.3, 0.4) is 0 Å². The van der Waals surface area contributed by atoms with Crippen molar-refractivity contribution >= 4 is 11.1 Å². The first-order valence-electron chi connectivity index (χ1n) is 7.03. The Hall–Kier alpha value is -2.33. The standard InChI is InChI=1S/C17H18N2O2/c1-3-20-14-7-5-4-6-12(14)17(18)16-10-13-15(21-16)9-8-11(2)19-13/h4-10,17H,3,18H2,1-2H3. The predicted octanol–water partition coefficient (Wildman–Crippen LogP) is 3.58. The number of rotatable bonds is 4. The molecule has 2 heterocycles. The van der Waals surface area contributed by atoms with Gasteiger partial charge >= 0.3 is 0 Å². The number of benzene rings is 1. The zero-order valence-corrected chi connectivity index (χ0v) is 12.2. The van der Waals surface area contributed by atoms with Crippen molar-refractivity contribution in [1.29, 1.82) is 0 Å². The molecule has 108 valence electrons. The van der Waals surface area contributed by atoms with Gasteiger partial charge in [0.05, 0.1) is 12.6 Å². The minimum atomic E-state index is -0.373. The van der Waals surface area contributed by atoms with Crippen molar-refractivity contribution in [3.63, 3.8) is 0 Å². The van der Waals surface area contributed by atoms with Gasteiger partial charge in [-0.3, -0.25) is 0 Å². The van der Waals surface area contributed by atoms with Crippen molar-refractivity contribution < 1.29 is 9.15 Å². The van der Waals surface area contributed by atoms with Crippen LogP contribution in [0.25, 0.3) is 11.1 Å². The Balaban J connectivity index is 2.02. The molecule has 0 bridgehead atoms. The summed E-state index contributed by atoms with van der Waals surface area (Å²) >= 11 is 0. The van der Waals surface area contributed by atoms with E-state index in [0.29, 0.717) is 12.4 Å². The third-order valence-corrected chi connectivity index (χ3v) is 3.39. The van der Waals surface area contributed by atoms with Crippen molar-refractivity contribution in [3.05, 3.63) is 59.5 Å². The van der Waals surface area contributed by atoms with Gasteiger partial charge in [0.25, 0.3) is 0 Å². The summed E-state index contributed by atoms with van der Waals surface area (Å²) in [5.41, 5.74) is 9.79. The second-order valence-electron chi connectivity index (χ2n) is 4.93. The number of fused-ring (bicyclic) bond motifs is 1. The van der Waals surface area contributed by atoms with Crippen LogP contribution in [0.2, 0.25) is 0 Å². The van der Waals surface area contributed by atoms with Crippen LogP contribution in [0.15, 0.2) is 46.9 Å². The lowest BCUT2D eigenvalue weighted by molar-refractivity contribution is 0.334. The second kappa shape index (κ2) is 5.58. The summed E-state index contributed by atoms with van der Waals surface area (Å²) in [6.07, 6.45) is 0. The van der Waals surface area contributed by atoms with Gasteiger partial charge in [0, 0.05) is 17.3 Å². The molecular weight excluding hydrogens is 264 g/mol. The molecule has 2 aromatic heterocycles. The normalized spacial score (nSPS) is 12.5. The van der Waals surface area contributed by atoms with Gasteiger partial charge in [-0.1, -0.05) is 18.2 Å². The lowest BCUT2D eigenvalue weighted by atomic mass is 10.0. The first-order chi connectivity index (χ1) is 10.2. The largest absolute Gasteiger partial charge is 0.494 e. The molecule has 0 amide bonds. The highest BCUT2D eigenvalue weighted by Crippen LogP contribution is 2.31. The zero-order chi connectivity index (χ0) is 14.8. The van der Waals surface area contributed by atoms with E-state index in [2.05, 4.69) is 4.98 Å². The number of nitrogens with two attached hydrogens (primary N) is 1. The molecule has 1 atom stereocenters. The molecule has 3 rings (SSSR count). The highest BCUT2D eigenvalue weighted by Gasteiger charge is 2.18. The maximum atomic E-state index is 6.35. The van der Waals surface area contributed by atoms with Gasteiger partial charge in [0.1, 0.15) is 17.0 Å². The fourth-order valence-electron chi connectivity index (χ4n) is 2.38. The van der Waals surface area contributed by atoms with E-state index in [-0.39, 0.29) is 6.04 Å². The minimum Gasteiger partial charge on any atom is -0.494 e. The smallest absolute Gasteiger partial charge is 0.152 e. The van der Waals surface area contributed by atoms with E-state index in [0.717, 1.165) is 28.1 Å². The molecule has 4 heteroatoms.